The molecule has 1 atom stereocenters. The van der Waals surface area contributed by atoms with Crippen LogP contribution in [0.15, 0.2) is 24.3 Å². The lowest BCUT2D eigenvalue weighted by molar-refractivity contribution is -0.144. The Morgan fingerprint density at radius 3 is 2.42 bits per heavy atom. The number of methoxy groups -OCH3 is 1. The Balaban J connectivity index is 2.65. The standard InChI is InChI=1S/C18H27NO5/c1-5-14(3)19(12-11-18(21)23-6-2)17(20)13-24-16-10-8-7-9-15(16)22-4/h7-10,14H,5-6,11-13H2,1-4H3. The van der Waals surface area contributed by atoms with Gasteiger partial charge in [-0.15, -0.1) is 0 Å². The summed E-state index contributed by atoms with van der Waals surface area (Å²) < 4.78 is 15.7. The number of hydrogen-bond acceptors (Lipinski definition) is 5. The van der Waals surface area contributed by atoms with E-state index in [1.165, 1.54) is 0 Å². The van der Waals surface area contributed by atoms with Crippen LogP contribution in [0.2, 0.25) is 0 Å². The smallest absolute Gasteiger partial charge is 0.307 e. The Kier molecular flexibility index (Phi) is 8.68. The van der Waals surface area contributed by atoms with E-state index in [2.05, 4.69) is 0 Å². The molecule has 0 spiro atoms. The van der Waals surface area contributed by atoms with Crippen LogP contribution < -0.4 is 9.47 Å². The summed E-state index contributed by atoms with van der Waals surface area (Å²) >= 11 is 0. The van der Waals surface area contributed by atoms with Gasteiger partial charge in [0.15, 0.2) is 18.1 Å². The summed E-state index contributed by atoms with van der Waals surface area (Å²) in [6.45, 7) is 6.27. The van der Waals surface area contributed by atoms with Crippen molar-refractivity contribution in [1.29, 1.82) is 0 Å². The van der Waals surface area contributed by atoms with Gasteiger partial charge in [-0.1, -0.05) is 19.1 Å². The average Bonchev–Trinajstić information content (AvgIpc) is 2.60. The zero-order chi connectivity index (χ0) is 17.9. The van der Waals surface area contributed by atoms with Crippen LogP contribution in [0.4, 0.5) is 0 Å². The lowest BCUT2D eigenvalue weighted by Crippen LogP contribution is -2.42. The molecule has 134 valence electrons. The molecule has 6 nitrogen and oxygen atoms in total. The van der Waals surface area contributed by atoms with Gasteiger partial charge in [0.1, 0.15) is 0 Å². The Morgan fingerprint density at radius 1 is 1.17 bits per heavy atom. The fourth-order valence-electron chi connectivity index (χ4n) is 2.22. The van der Waals surface area contributed by atoms with Gasteiger partial charge in [0.05, 0.1) is 20.1 Å². The van der Waals surface area contributed by atoms with E-state index >= 15 is 0 Å². The second-order valence-corrected chi connectivity index (χ2v) is 5.34. The summed E-state index contributed by atoms with van der Waals surface area (Å²) in [5, 5.41) is 0. The molecular weight excluding hydrogens is 310 g/mol. The highest BCUT2D eigenvalue weighted by atomic mass is 16.5. The summed E-state index contributed by atoms with van der Waals surface area (Å²) in [7, 11) is 1.55. The maximum Gasteiger partial charge on any atom is 0.307 e. The normalized spacial score (nSPS) is 11.5. The van der Waals surface area contributed by atoms with E-state index in [1.54, 1.807) is 31.1 Å². The third-order valence-corrected chi connectivity index (χ3v) is 3.73. The number of esters is 1. The van der Waals surface area contributed by atoms with Crippen molar-refractivity contribution in [3.63, 3.8) is 0 Å². The number of carbonyl (C=O) groups is 2. The molecule has 0 aromatic heterocycles. The van der Waals surface area contributed by atoms with E-state index in [9.17, 15) is 9.59 Å². The Morgan fingerprint density at radius 2 is 1.83 bits per heavy atom. The largest absolute Gasteiger partial charge is 0.493 e. The molecule has 0 aliphatic carbocycles. The molecule has 0 saturated heterocycles. The van der Waals surface area contributed by atoms with Gasteiger partial charge in [-0.3, -0.25) is 9.59 Å². The highest BCUT2D eigenvalue weighted by molar-refractivity contribution is 5.79. The third-order valence-electron chi connectivity index (χ3n) is 3.73. The van der Waals surface area contributed by atoms with Gasteiger partial charge in [-0.05, 0) is 32.4 Å². The first-order valence-corrected chi connectivity index (χ1v) is 8.24. The van der Waals surface area contributed by atoms with Crippen molar-refractivity contribution in [1.82, 2.24) is 4.90 Å². The van der Waals surface area contributed by atoms with Crippen LogP contribution in [0.1, 0.15) is 33.6 Å². The number of carbonyl (C=O) groups excluding carboxylic acids is 2. The highest BCUT2D eigenvalue weighted by Crippen LogP contribution is 2.25. The Bertz CT molecular complexity index is 532. The molecule has 0 saturated carbocycles. The van der Waals surface area contributed by atoms with Crippen molar-refractivity contribution in [3.8, 4) is 11.5 Å². The highest BCUT2D eigenvalue weighted by Gasteiger charge is 2.21. The van der Waals surface area contributed by atoms with E-state index in [4.69, 9.17) is 14.2 Å². The third kappa shape index (κ3) is 6.10. The van der Waals surface area contributed by atoms with Gasteiger partial charge in [0, 0.05) is 12.6 Å². The predicted octanol–water partition coefficient (Wildman–Crippen LogP) is 2.65. The molecule has 0 fully saturated rings. The quantitative estimate of drug-likeness (QED) is 0.614. The van der Waals surface area contributed by atoms with E-state index in [0.717, 1.165) is 6.42 Å². The fraction of sp³-hybridized carbons (Fsp3) is 0.556. The zero-order valence-electron chi connectivity index (χ0n) is 14.9. The SMILES string of the molecule is CCOC(=O)CCN(C(=O)COc1ccccc1OC)C(C)CC. The van der Waals surface area contributed by atoms with Crippen LogP contribution >= 0.6 is 0 Å². The lowest BCUT2D eigenvalue weighted by atomic mass is 10.2. The minimum Gasteiger partial charge on any atom is -0.493 e. The first kappa shape index (κ1) is 19.8. The molecule has 0 bridgehead atoms. The van der Waals surface area contributed by atoms with E-state index in [0.29, 0.717) is 24.7 Å². The summed E-state index contributed by atoms with van der Waals surface area (Å²) in [5.41, 5.74) is 0. The van der Waals surface area contributed by atoms with Crippen molar-refractivity contribution < 1.29 is 23.8 Å². The summed E-state index contributed by atoms with van der Waals surface area (Å²) in [6, 6.07) is 7.19. The second kappa shape index (κ2) is 10.5. The summed E-state index contributed by atoms with van der Waals surface area (Å²) in [6.07, 6.45) is 0.974. The van der Waals surface area contributed by atoms with Crippen molar-refractivity contribution in [2.75, 3.05) is 26.9 Å². The molecule has 1 aromatic carbocycles. The van der Waals surface area contributed by atoms with Crippen LogP contribution in [0.25, 0.3) is 0 Å². The van der Waals surface area contributed by atoms with Crippen LogP contribution in [0.3, 0.4) is 0 Å². The number of amides is 1. The lowest BCUT2D eigenvalue weighted by Gasteiger charge is -2.28. The molecule has 0 aliphatic rings. The zero-order valence-corrected chi connectivity index (χ0v) is 14.9. The number of para-hydroxylation sites is 2. The number of rotatable bonds is 10. The first-order chi connectivity index (χ1) is 11.5. The van der Waals surface area contributed by atoms with Crippen LogP contribution in [-0.2, 0) is 14.3 Å². The molecule has 0 heterocycles. The number of hydrogen-bond donors (Lipinski definition) is 0. The van der Waals surface area contributed by atoms with E-state index in [-0.39, 0.29) is 30.9 Å². The van der Waals surface area contributed by atoms with Crippen molar-refractivity contribution in [2.45, 2.75) is 39.7 Å². The average molecular weight is 337 g/mol. The maximum atomic E-state index is 12.5. The topological polar surface area (TPSA) is 65.1 Å². The first-order valence-electron chi connectivity index (χ1n) is 8.24. The van der Waals surface area contributed by atoms with Crippen molar-refractivity contribution in [3.05, 3.63) is 24.3 Å². The number of benzene rings is 1. The van der Waals surface area contributed by atoms with Gasteiger partial charge in [-0.2, -0.15) is 0 Å². The van der Waals surface area contributed by atoms with Gasteiger partial charge in [-0.25, -0.2) is 0 Å². The van der Waals surface area contributed by atoms with E-state index in [1.807, 2.05) is 26.0 Å². The molecule has 0 N–H and O–H groups in total. The van der Waals surface area contributed by atoms with Gasteiger partial charge < -0.3 is 19.1 Å². The van der Waals surface area contributed by atoms with Crippen LogP contribution in [0.5, 0.6) is 11.5 Å². The van der Waals surface area contributed by atoms with Crippen molar-refractivity contribution in [2.24, 2.45) is 0 Å². The maximum absolute atomic E-state index is 12.5. The molecule has 0 radical (unpaired) electrons. The molecule has 24 heavy (non-hydrogen) atoms. The molecule has 1 rings (SSSR count). The molecular formula is C18H27NO5. The minimum absolute atomic E-state index is 0.0215. The van der Waals surface area contributed by atoms with Crippen LogP contribution in [0, 0.1) is 0 Å². The Labute approximate surface area is 143 Å². The van der Waals surface area contributed by atoms with E-state index < -0.39 is 0 Å². The van der Waals surface area contributed by atoms with Gasteiger partial charge in [0.25, 0.3) is 5.91 Å². The molecule has 1 amide bonds. The van der Waals surface area contributed by atoms with Gasteiger partial charge >= 0.3 is 5.97 Å². The number of ether oxygens (including phenoxy) is 3. The summed E-state index contributed by atoms with van der Waals surface area (Å²) in [4.78, 5) is 25.7. The fourth-order valence-corrected chi connectivity index (χ4v) is 2.22. The summed E-state index contributed by atoms with van der Waals surface area (Å²) in [5.74, 6) is 0.624. The predicted molar refractivity (Wildman–Crippen MR) is 91.2 cm³/mol. The van der Waals surface area contributed by atoms with Gasteiger partial charge in [0.2, 0.25) is 0 Å². The Hall–Kier alpha value is -2.24. The monoisotopic (exact) mass is 337 g/mol. The molecule has 0 aliphatic heterocycles. The van der Waals surface area contributed by atoms with Crippen molar-refractivity contribution >= 4 is 11.9 Å². The molecule has 1 unspecified atom stereocenters. The molecule has 6 heteroatoms. The second-order valence-electron chi connectivity index (χ2n) is 5.34. The van der Waals surface area contributed by atoms with Crippen LogP contribution in [-0.4, -0.2) is 49.7 Å². The number of nitrogens with zero attached hydrogens (tertiary/aromatic N) is 1. The molecule has 1 aromatic rings. The minimum atomic E-state index is -0.302.